The van der Waals surface area contributed by atoms with Gasteiger partial charge in [-0.15, -0.1) is 5.10 Å². The molecule has 0 bridgehead atoms. The summed E-state index contributed by atoms with van der Waals surface area (Å²) < 4.78 is 29.7. The molecular weight excluding hydrogens is 532 g/mol. The first-order valence-corrected chi connectivity index (χ1v) is 14.4. The number of nitrogen functional groups attached to an aromatic ring is 1. The van der Waals surface area contributed by atoms with E-state index in [4.69, 9.17) is 5.73 Å². The Bertz CT molecular complexity index is 1430. The Hall–Kier alpha value is -3.87. The fourth-order valence-corrected chi connectivity index (χ4v) is 6.52. The molecule has 3 saturated heterocycles. The third-order valence-corrected chi connectivity index (χ3v) is 8.66. The largest absolute Gasteiger partial charge is 0.381 e. The van der Waals surface area contributed by atoms with Crippen LogP contribution >= 0.6 is 0 Å². The number of aromatic nitrogens is 4. The van der Waals surface area contributed by atoms with Crippen molar-refractivity contribution in [1.29, 1.82) is 0 Å². The molecule has 13 heteroatoms. The summed E-state index contributed by atoms with van der Waals surface area (Å²) in [6.07, 6.45) is 11.6. The number of amides is 2. The van der Waals surface area contributed by atoms with Gasteiger partial charge >= 0.3 is 0 Å². The number of nitrogens with two attached hydrogens (primary N) is 1. The van der Waals surface area contributed by atoms with Gasteiger partial charge in [-0.25, -0.2) is 18.3 Å². The molecule has 3 aliphatic heterocycles. The maximum atomic E-state index is 15.1. The molecule has 0 atom stereocenters. The Morgan fingerprint density at radius 3 is 2.39 bits per heavy atom. The topological polar surface area (TPSA) is 125 Å². The number of fused-ring (bicyclic) bond motifs is 1. The lowest BCUT2D eigenvalue weighted by atomic mass is 9.93. The number of rotatable bonds is 5. The van der Waals surface area contributed by atoms with Crippen LogP contribution < -0.4 is 16.0 Å². The van der Waals surface area contributed by atoms with Crippen LogP contribution in [0.3, 0.4) is 0 Å². The molecule has 11 nitrogen and oxygen atoms in total. The van der Waals surface area contributed by atoms with Gasteiger partial charge in [-0.3, -0.25) is 14.6 Å². The summed E-state index contributed by atoms with van der Waals surface area (Å²) in [4.78, 5) is 40.8. The van der Waals surface area contributed by atoms with Gasteiger partial charge in [0.2, 0.25) is 5.91 Å². The number of pyridine rings is 1. The fraction of sp³-hybridized carbons (Fsp3) is 0.536. The summed E-state index contributed by atoms with van der Waals surface area (Å²) in [5.41, 5.74) is 6.32. The minimum absolute atomic E-state index is 0.0476. The lowest BCUT2D eigenvalue weighted by molar-refractivity contribution is -0.137. The molecule has 3 aromatic rings. The molecule has 3 aromatic heterocycles. The molecule has 6 heterocycles. The van der Waals surface area contributed by atoms with Crippen molar-refractivity contribution in [2.75, 3.05) is 55.2 Å². The fourth-order valence-electron chi connectivity index (χ4n) is 6.52. The Morgan fingerprint density at radius 1 is 0.927 bits per heavy atom. The first-order chi connectivity index (χ1) is 19.9. The minimum atomic E-state index is -0.664. The van der Waals surface area contributed by atoms with Crippen LogP contribution in [-0.2, 0) is 4.79 Å². The van der Waals surface area contributed by atoms with Crippen molar-refractivity contribution in [3.8, 4) is 0 Å². The van der Waals surface area contributed by atoms with Crippen LogP contribution in [0.4, 0.5) is 26.0 Å². The smallest absolute Gasteiger partial charge is 0.263 e. The summed E-state index contributed by atoms with van der Waals surface area (Å²) in [6.45, 7) is 4.87. The highest BCUT2D eigenvalue weighted by atomic mass is 19.1. The quantitative estimate of drug-likeness (QED) is 0.482. The van der Waals surface area contributed by atoms with Crippen LogP contribution in [0.1, 0.15) is 55.3 Å². The van der Waals surface area contributed by atoms with Crippen molar-refractivity contribution >= 4 is 34.7 Å². The molecule has 0 spiro atoms. The van der Waals surface area contributed by atoms with E-state index in [9.17, 15) is 14.0 Å². The summed E-state index contributed by atoms with van der Waals surface area (Å²) in [6, 6.07) is 0.581. The molecule has 0 radical (unpaired) electrons. The highest BCUT2D eigenvalue weighted by molar-refractivity contribution is 6.12. The normalized spacial score (nSPS) is 19.6. The standard InChI is InChI=1S/C28H35F2N9O2/c29-19-14-33-26-23(25(31)35-39(26)17-19)27(40)34-22-16-32-15-21(30)24(22)37-10-4-18(5-11-37)28(41)38-12-6-20(7-13-38)36-8-2-1-3-9-36/h14-18,20H,1-13H2,(H2,31,35)(H,34,40). The van der Waals surface area contributed by atoms with Crippen molar-refractivity contribution < 1.29 is 18.4 Å². The molecule has 218 valence electrons. The molecule has 0 saturated carbocycles. The molecule has 6 rings (SSSR count). The van der Waals surface area contributed by atoms with E-state index in [1.54, 1.807) is 0 Å². The van der Waals surface area contributed by atoms with Crippen LogP contribution in [0, 0.1) is 17.6 Å². The van der Waals surface area contributed by atoms with Crippen LogP contribution in [0.2, 0.25) is 0 Å². The van der Waals surface area contributed by atoms with Gasteiger partial charge in [0.15, 0.2) is 23.1 Å². The summed E-state index contributed by atoms with van der Waals surface area (Å²) in [5.74, 6) is -1.93. The molecular formula is C28H35F2N9O2. The average Bonchev–Trinajstić information content (AvgIpc) is 3.32. The number of anilines is 3. The number of hydrogen-bond donors (Lipinski definition) is 2. The third-order valence-electron chi connectivity index (χ3n) is 8.66. The van der Waals surface area contributed by atoms with E-state index in [2.05, 4.69) is 25.3 Å². The van der Waals surface area contributed by atoms with Gasteiger partial charge in [-0.1, -0.05) is 6.42 Å². The number of carbonyl (C=O) groups is 2. The van der Waals surface area contributed by atoms with Crippen LogP contribution in [0.15, 0.2) is 24.8 Å². The van der Waals surface area contributed by atoms with Gasteiger partial charge in [0.25, 0.3) is 5.91 Å². The predicted molar refractivity (Wildman–Crippen MR) is 149 cm³/mol. The molecule has 3 N–H and O–H groups in total. The van der Waals surface area contributed by atoms with Gasteiger partial charge in [-0.05, 0) is 51.6 Å². The molecule has 41 heavy (non-hydrogen) atoms. The predicted octanol–water partition coefficient (Wildman–Crippen LogP) is 2.93. The van der Waals surface area contributed by atoms with Gasteiger partial charge in [0.05, 0.1) is 30.5 Å². The third kappa shape index (κ3) is 5.54. The van der Waals surface area contributed by atoms with E-state index in [1.807, 2.05) is 9.80 Å². The van der Waals surface area contributed by atoms with Crippen molar-refractivity contribution in [3.05, 3.63) is 42.0 Å². The maximum Gasteiger partial charge on any atom is 0.263 e. The summed E-state index contributed by atoms with van der Waals surface area (Å²) in [7, 11) is 0. The first-order valence-electron chi connectivity index (χ1n) is 14.4. The van der Waals surface area contributed by atoms with Gasteiger partial charge in [0, 0.05) is 38.1 Å². The molecule has 0 unspecified atom stereocenters. The molecule has 2 amide bonds. The second kappa shape index (κ2) is 11.6. The molecule has 3 aliphatic rings. The second-order valence-corrected chi connectivity index (χ2v) is 11.2. The number of nitrogens with zero attached hydrogens (tertiary/aromatic N) is 7. The van der Waals surface area contributed by atoms with Gasteiger partial charge < -0.3 is 25.8 Å². The van der Waals surface area contributed by atoms with E-state index in [0.717, 1.165) is 49.0 Å². The molecule has 0 aliphatic carbocycles. The van der Waals surface area contributed by atoms with Crippen molar-refractivity contribution in [1.82, 2.24) is 29.4 Å². The first kappa shape index (κ1) is 27.3. The van der Waals surface area contributed by atoms with Gasteiger partial charge in [0.1, 0.15) is 11.3 Å². The minimum Gasteiger partial charge on any atom is -0.381 e. The van der Waals surface area contributed by atoms with E-state index in [-0.39, 0.29) is 40.2 Å². The van der Waals surface area contributed by atoms with Crippen LogP contribution in [0.5, 0.6) is 0 Å². The maximum absolute atomic E-state index is 15.1. The van der Waals surface area contributed by atoms with Crippen molar-refractivity contribution in [2.45, 2.75) is 51.0 Å². The number of nitrogens with one attached hydrogen (secondary N) is 1. The van der Waals surface area contributed by atoms with E-state index in [0.29, 0.717) is 32.0 Å². The SMILES string of the molecule is Nc1nn2cc(F)cnc2c1C(=O)Nc1cncc(F)c1N1CCC(C(=O)N2CCC(N3CCCCC3)CC2)CC1. The van der Waals surface area contributed by atoms with Gasteiger partial charge in [-0.2, -0.15) is 0 Å². The zero-order valence-electron chi connectivity index (χ0n) is 22.9. The average molecular weight is 568 g/mol. The van der Waals surface area contributed by atoms with Crippen LogP contribution in [-0.4, -0.2) is 86.5 Å². The lowest BCUT2D eigenvalue weighted by Gasteiger charge is -2.42. The lowest BCUT2D eigenvalue weighted by Crippen LogP contribution is -2.50. The summed E-state index contributed by atoms with van der Waals surface area (Å²) in [5, 5.41) is 6.64. The Balaban J connectivity index is 1.09. The van der Waals surface area contributed by atoms with Crippen molar-refractivity contribution in [3.63, 3.8) is 0 Å². The number of piperidine rings is 3. The molecule has 3 fully saturated rings. The number of hydrogen-bond acceptors (Lipinski definition) is 8. The zero-order valence-corrected chi connectivity index (χ0v) is 22.9. The van der Waals surface area contributed by atoms with Crippen LogP contribution in [0.25, 0.3) is 5.65 Å². The number of carbonyl (C=O) groups excluding carboxylic acids is 2. The number of likely N-dealkylation sites (tertiary alicyclic amines) is 2. The monoisotopic (exact) mass is 567 g/mol. The van der Waals surface area contributed by atoms with E-state index >= 15 is 4.39 Å². The highest BCUT2D eigenvalue weighted by Crippen LogP contribution is 2.33. The van der Waals surface area contributed by atoms with E-state index in [1.165, 1.54) is 38.5 Å². The highest BCUT2D eigenvalue weighted by Gasteiger charge is 2.34. The molecule has 0 aromatic carbocycles. The zero-order chi connectivity index (χ0) is 28.5. The Morgan fingerprint density at radius 2 is 1.66 bits per heavy atom. The Kier molecular flexibility index (Phi) is 7.69. The number of halogens is 2. The Labute approximate surface area is 236 Å². The summed E-state index contributed by atoms with van der Waals surface area (Å²) >= 11 is 0. The van der Waals surface area contributed by atoms with E-state index < -0.39 is 17.5 Å². The van der Waals surface area contributed by atoms with Crippen molar-refractivity contribution in [2.24, 2.45) is 5.92 Å². The second-order valence-electron chi connectivity index (χ2n) is 11.2.